The molecule has 0 saturated heterocycles. The Kier molecular flexibility index (Phi) is 3.37. The fraction of sp³-hybridized carbons (Fsp3) is 0.500. The summed E-state index contributed by atoms with van der Waals surface area (Å²) < 4.78 is 2.40. The maximum atomic E-state index is 8.98. The highest BCUT2D eigenvalue weighted by Gasteiger charge is 2.16. The molecule has 0 unspecified atom stereocenters. The molecule has 2 nitrogen and oxygen atoms in total. The molecule has 0 spiro atoms. The number of hydrogen-bond donors (Lipinski definition) is 1. The van der Waals surface area contributed by atoms with Gasteiger partial charge in [0.25, 0.3) is 0 Å². The molecule has 96 valence electrons. The lowest BCUT2D eigenvalue weighted by molar-refractivity contribution is 0.299. The highest BCUT2D eigenvalue weighted by Crippen LogP contribution is 2.28. The van der Waals surface area contributed by atoms with Gasteiger partial charge < -0.3 is 9.67 Å². The molecule has 18 heavy (non-hydrogen) atoms. The average Bonchev–Trinajstić information content (AvgIpc) is 3.00. The van der Waals surface area contributed by atoms with Gasteiger partial charge in [0.15, 0.2) is 0 Å². The second-order valence-corrected chi connectivity index (χ2v) is 5.49. The minimum absolute atomic E-state index is 0.230. The van der Waals surface area contributed by atoms with Gasteiger partial charge in [-0.1, -0.05) is 18.9 Å². The van der Waals surface area contributed by atoms with Crippen LogP contribution in [0.2, 0.25) is 0 Å². The first kappa shape index (κ1) is 11.8. The summed E-state index contributed by atoms with van der Waals surface area (Å²) >= 11 is 0. The van der Waals surface area contributed by atoms with Crippen LogP contribution in [0.25, 0.3) is 10.9 Å². The molecule has 1 aromatic heterocycles. The molecule has 1 N–H and O–H groups in total. The van der Waals surface area contributed by atoms with Crippen molar-refractivity contribution in [3.63, 3.8) is 0 Å². The minimum atomic E-state index is 0.230. The third kappa shape index (κ3) is 2.30. The SMILES string of the molecule is OCCc1ccc2c(ccn2CC2CCCC2)c1. The van der Waals surface area contributed by atoms with Gasteiger partial charge in [-0.15, -0.1) is 0 Å². The highest BCUT2D eigenvalue weighted by atomic mass is 16.2. The summed E-state index contributed by atoms with van der Waals surface area (Å²) in [5.74, 6) is 0.873. The molecule has 0 bridgehead atoms. The van der Waals surface area contributed by atoms with Crippen LogP contribution in [0, 0.1) is 5.92 Å². The van der Waals surface area contributed by atoms with Crippen LogP contribution in [0.1, 0.15) is 31.2 Å². The monoisotopic (exact) mass is 243 g/mol. The molecule has 1 aliphatic rings. The summed E-state index contributed by atoms with van der Waals surface area (Å²) in [6.45, 7) is 1.40. The molecular weight excluding hydrogens is 222 g/mol. The number of nitrogens with zero attached hydrogens (tertiary/aromatic N) is 1. The standard InChI is InChI=1S/C16H21NO/c18-10-8-13-5-6-16-15(11-13)7-9-17(16)12-14-3-1-2-4-14/h5-7,9,11,14,18H,1-4,8,10,12H2. The number of aliphatic hydroxyl groups excluding tert-OH is 1. The first-order valence-electron chi connectivity index (χ1n) is 7.05. The van der Waals surface area contributed by atoms with Gasteiger partial charge in [0.2, 0.25) is 0 Å². The van der Waals surface area contributed by atoms with E-state index in [0.717, 1.165) is 12.3 Å². The summed E-state index contributed by atoms with van der Waals surface area (Å²) in [6, 6.07) is 8.75. The van der Waals surface area contributed by atoms with Gasteiger partial charge in [-0.2, -0.15) is 0 Å². The van der Waals surface area contributed by atoms with Crippen LogP contribution < -0.4 is 0 Å². The Morgan fingerprint density at radius 2 is 2.00 bits per heavy atom. The maximum absolute atomic E-state index is 8.98. The Labute approximate surface area is 108 Å². The summed E-state index contributed by atoms with van der Waals surface area (Å²) in [5, 5.41) is 10.3. The number of rotatable bonds is 4. The van der Waals surface area contributed by atoms with Crippen molar-refractivity contribution in [2.24, 2.45) is 5.92 Å². The first-order chi connectivity index (χ1) is 8.86. The van der Waals surface area contributed by atoms with Crippen LogP contribution in [0.3, 0.4) is 0 Å². The second kappa shape index (κ2) is 5.15. The van der Waals surface area contributed by atoms with E-state index in [-0.39, 0.29) is 6.61 Å². The van der Waals surface area contributed by atoms with Gasteiger partial charge in [0.05, 0.1) is 0 Å². The van der Waals surface area contributed by atoms with E-state index >= 15 is 0 Å². The molecule has 0 aliphatic heterocycles. The summed E-state index contributed by atoms with van der Waals surface area (Å²) in [7, 11) is 0. The predicted octanol–water partition coefficient (Wildman–Crippen LogP) is 3.37. The molecule has 3 rings (SSSR count). The molecule has 1 saturated carbocycles. The van der Waals surface area contributed by atoms with Crippen molar-refractivity contribution in [1.82, 2.24) is 4.57 Å². The van der Waals surface area contributed by atoms with E-state index in [2.05, 4.69) is 35.0 Å². The van der Waals surface area contributed by atoms with E-state index < -0.39 is 0 Å². The van der Waals surface area contributed by atoms with Crippen LogP contribution in [-0.4, -0.2) is 16.3 Å². The Balaban J connectivity index is 1.84. The Morgan fingerprint density at radius 3 is 2.78 bits per heavy atom. The van der Waals surface area contributed by atoms with Gasteiger partial charge in [0.1, 0.15) is 0 Å². The smallest absolute Gasteiger partial charge is 0.0480 e. The molecule has 2 heteroatoms. The van der Waals surface area contributed by atoms with Crippen molar-refractivity contribution in [3.05, 3.63) is 36.0 Å². The molecular formula is C16H21NO. The van der Waals surface area contributed by atoms with Gasteiger partial charge in [0, 0.05) is 24.9 Å². The number of aromatic nitrogens is 1. The number of hydrogen-bond acceptors (Lipinski definition) is 1. The van der Waals surface area contributed by atoms with Crippen molar-refractivity contribution >= 4 is 10.9 Å². The van der Waals surface area contributed by atoms with Gasteiger partial charge in [-0.25, -0.2) is 0 Å². The van der Waals surface area contributed by atoms with Gasteiger partial charge in [-0.3, -0.25) is 0 Å². The molecule has 1 aromatic carbocycles. The van der Waals surface area contributed by atoms with Crippen LogP contribution >= 0.6 is 0 Å². The third-order valence-electron chi connectivity index (χ3n) is 4.17. The molecule has 0 atom stereocenters. The number of fused-ring (bicyclic) bond motifs is 1. The van der Waals surface area contributed by atoms with Crippen LogP contribution in [-0.2, 0) is 13.0 Å². The van der Waals surface area contributed by atoms with E-state index in [1.54, 1.807) is 0 Å². The van der Waals surface area contributed by atoms with Crippen molar-refractivity contribution in [2.75, 3.05) is 6.61 Å². The minimum Gasteiger partial charge on any atom is -0.396 e. The number of benzene rings is 1. The molecule has 2 aromatic rings. The summed E-state index contributed by atoms with van der Waals surface area (Å²) in [5.41, 5.74) is 2.56. The molecule has 0 amide bonds. The average molecular weight is 243 g/mol. The van der Waals surface area contributed by atoms with Crippen LogP contribution in [0.5, 0.6) is 0 Å². The topological polar surface area (TPSA) is 25.2 Å². The van der Waals surface area contributed by atoms with E-state index in [0.29, 0.717) is 0 Å². The van der Waals surface area contributed by atoms with Crippen LogP contribution in [0.15, 0.2) is 30.5 Å². The lowest BCUT2D eigenvalue weighted by Crippen LogP contribution is -2.05. The van der Waals surface area contributed by atoms with E-state index in [1.165, 1.54) is 48.7 Å². The largest absolute Gasteiger partial charge is 0.396 e. The van der Waals surface area contributed by atoms with E-state index in [1.807, 2.05) is 0 Å². The summed E-state index contributed by atoms with van der Waals surface area (Å²) in [4.78, 5) is 0. The molecule has 0 radical (unpaired) electrons. The Morgan fingerprint density at radius 1 is 1.17 bits per heavy atom. The van der Waals surface area contributed by atoms with Crippen molar-refractivity contribution in [3.8, 4) is 0 Å². The molecule has 1 heterocycles. The lowest BCUT2D eigenvalue weighted by Gasteiger charge is -2.11. The highest BCUT2D eigenvalue weighted by molar-refractivity contribution is 5.80. The lowest BCUT2D eigenvalue weighted by atomic mass is 10.1. The molecule has 1 fully saturated rings. The molecule has 1 aliphatic carbocycles. The normalized spacial score (nSPS) is 16.7. The zero-order chi connectivity index (χ0) is 12.4. The van der Waals surface area contributed by atoms with Crippen LogP contribution in [0.4, 0.5) is 0 Å². The zero-order valence-electron chi connectivity index (χ0n) is 10.8. The Hall–Kier alpha value is -1.28. The van der Waals surface area contributed by atoms with Crippen molar-refractivity contribution in [2.45, 2.75) is 38.6 Å². The zero-order valence-corrected chi connectivity index (χ0v) is 10.8. The fourth-order valence-corrected chi connectivity index (χ4v) is 3.16. The van der Waals surface area contributed by atoms with Crippen molar-refractivity contribution in [1.29, 1.82) is 0 Å². The van der Waals surface area contributed by atoms with Crippen molar-refractivity contribution < 1.29 is 5.11 Å². The fourth-order valence-electron chi connectivity index (χ4n) is 3.16. The number of aliphatic hydroxyl groups is 1. The quantitative estimate of drug-likeness (QED) is 0.875. The maximum Gasteiger partial charge on any atom is 0.0480 e. The van der Waals surface area contributed by atoms with E-state index in [4.69, 9.17) is 5.11 Å². The van der Waals surface area contributed by atoms with Gasteiger partial charge in [-0.05, 0) is 54.3 Å². The van der Waals surface area contributed by atoms with E-state index in [9.17, 15) is 0 Å². The summed E-state index contributed by atoms with van der Waals surface area (Å²) in [6.07, 6.45) is 8.56. The second-order valence-electron chi connectivity index (χ2n) is 5.49. The third-order valence-corrected chi connectivity index (χ3v) is 4.17. The van der Waals surface area contributed by atoms with Gasteiger partial charge >= 0.3 is 0 Å². The Bertz CT molecular complexity index is 523. The predicted molar refractivity (Wildman–Crippen MR) is 74.7 cm³/mol. The first-order valence-corrected chi connectivity index (χ1v) is 7.05.